The molecule has 0 fully saturated rings. The second kappa shape index (κ2) is 9.55. The van der Waals surface area contributed by atoms with Crippen LogP contribution < -0.4 is 14.8 Å². The van der Waals surface area contributed by atoms with E-state index in [0.717, 1.165) is 11.3 Å². The predicted molar refractivity (Wildman–Crippen MR) is 102 cm³/mol. The van der Waals surface area contributed by atoms with Gasteiger partial charge in [-0.15, -0.1) is 0 Å². The van der Waals surface area contributed by atoms with E-state index in [2.05, 4.69) is 10.3 Å². The molecule has 28 heavy (non-hydrogen) atoms. The molecule has 0 spiro atoms. The molecule has 146 valence electrons. The van der Waals surface area contributed by atoms with Crippen LogP contribution in [0.1, 0.15) is 12.3 Å². The SMILES string of the molecule is COc1ccc(-c2cnc(CCC(=O)NCCOc3ccc(F)cc3)o2)cc1. The molecule has 0 saturated heterocycles. The smallest absolute Gasteiger partial charge is 0.220 e. The molecule has 1 aromatic heterocycles. The Bertz CT molecular complexity index is 892. The monoisotopic (exact) mass is 384 g/mol. The van der Waals surface area contributed by atoms with Crippen molar-refractivity contribution in [2.45, 2.75) is 12.8 Å². The van der Waals surface area contributed by atoms with Gasteiger partial charge in [-0.1, -0.05) is 0 Å². The highest BCUT2D eigenvalue weighted by Gasteiger charge is 2.09. The lowest BCUT2D eigenvalue weighted by Gasteiger charge is -2.07. The number of aromatic nitrogens is 1. The van der Waals surface area contributed by atoms with Gasteiger partial charge in [-0.05, 0) is 48.5 Å². The molecule has 0 aliphatic rings. The molecule has 0 aliphatic heterocycles. The minimum atomic E-state index is -0.317. The van der Waals surface area contributed by atoms with E-state index in [9.17, 15) is 9.18 Å². The number of amides is 1. The summed E-state index contributed by atoms with van der Waals surface area (Å²) in [6.07, 6.45) is 2.31. The van der Waals surface area contributed by atoms with Gasteiger partial charge in [0.05, 0.1) is 19.9 Å². The van der Waals surface area contributed by atoms with Gasteiger partial charge < -0.3 is 19.2 Å². The van der Waals surface area contributed by atoms with Gasteiger partial charge in [0, 0.05) is 18.4 Å². The third kappa shape index (κ3) is 5.57. The number of hydrogen-bond acceptors (Lipinski definition) is 5. The van der Waals surface area contributed by atoms with Crippen LogP contribution in [0.5, 0.6) is 11.5 Å². The third-order valence-corrected chi connectivity index (χ3v) is 4.00. The fourth-order valence-corrected chi connectivity index (χ4v) is 2.51. The first-order chi connectivity index (χ1) is 13.6. The van der Waals surface area contributed by atoms with Gasteiger partial charge in [0.1, 0.15) is 23.9 Å². The molecule has 1 amide bonds. The average Bonchev–Trinajstić information content (AvgIpc) is 3.20. The molecule has 0 aliphatic carbocycles. The maximum atomic E-state index is 12.8. The molecule has 1 heterocycles. The zero-order valence-electron chi connectivity index (χ0n) is 15.5. The Kier molecular flexibility index (Phi) is 6.62. The first-order valence-corrected chi connectivity index (χ1v) is 8.88. The molecule has 7 heteroatoms. The van der Waals surface area contributed by atoms with Crippen molar-refractivity contribution >= 4 is 5.91 Å². The van der Waals surface area contributed by atoms with Crippen LogP contribution >= 0.6 is 0 Å². The molecular weight excluding hydrogens is 363 g/mol. The summed E-state index contributed by atoms with van der Waals surface area (Å²) in [6, 6.07) is 13.2. The summed E-state index contributed by atoms with van der Waals surface area (Å²) in [5.74, 6) is 2.04. The molecule has 1 N–H and O–H groups in total. The van der Waals surface area contributed by atoms with Crippen molar-refractivity contribution in [1.82, 2.24) is 10.3 Å². The summed E-state index contributed by atoms with van der Waals surface area (Å²) in [6.45, 7) is 0.664. The topological polar surface area (TPSA) is 73.6 Å². The number of benzene rings is 2. The van der Waals surface area contributed by atoms with Crippen LogP contribution in [0.3, 0.4) is 0 Å². The van der Waals surface area contributed by atoms with Crippen LogP contribution in [-0.2, 0) is 11.2 Å². The van der Waals surface area contributed by atoms with E-state index in [0.29, 0.717) is 37.0 Å². The van der Waals surface area contributed by atoms with Crippen molar-refractivity contribution in [3.63, 3.8) is 0 Å². The standard InChI is InChI=1S/C21H21FN2O4/c1-26-17-6-2-15(3-7-17)19-14-24-21(28-19)11-10-20(25)23-12-13-27-18-8-4-16(22)5-9-18/h2-9,14H,10-13H2,1H3,(H,23,25). The van der Waals surface area contributed by atoms with Gasteiger partial charge in [-0.2, -0.15) is 0 Å². The number of halogens is 1. The highest BCUT2D eigenvalue weighted by atomic mass is 19.1. The Balaban J connectivity index is 1.38. The van der Waals surface area contributed by atoms with E-state index in [-0.39, 0.29) is 18.1 Å². The largest absolute Gasteiger partial charge is 0.497 e. The number of ether oxygens (including phenoxy) is 2. The summed E-state index contributed by atoms with van der Waals surface area (Å²) in [7, 11) is 1.61. The van der Waals surface area contributed by atoms with Crippen molar-refractivity contribution in [3.05, 3.63) is 66.4 Å². The minimum Gasteiger partial charge on any atom is -0.497 e. The zero-order chi connectivity index (χ0) is 19.8. The van der Waals surface area contributed by atoms with Crippen LogP contribution in [0.2, 0.25) is 0 Å². The van der Waals surface area contributed by atoms with Crippen LogP contribution in [-0.4, -0.2) is 31.2 Å². The minimum absolute atomic E-state index is 0.119. The van der Waals surface area contributed by atoms with Crippen LogP contribution in [0.15, 0.2) is 59.1 Å². The lowest BCUT2D eigenvalue weighted by molar-refractivity contribution is -0.121. The van der Waals surface area contributed by atoms with Crippen LogP contribution in [0.4, 0.5) is 4.39 Å². The Morgan fingerprint density at radius 3 is 2.54 bits per heavy atom. The van der Waals surface area contributed by atoms with E-state index in [4.69, 9.17) is 13.9 Å². The van der Waals surface area contributed by atoms with Crippen molar-refractivity contribution in [2.24, 2.45) is 0 Å². The van der Waals surface area contributed by atoms with Crippen LogP contribution in [0.25, 0.3) is 11.3 Å². The number of aryl methyl sites for hydroxylation is 1. The maximum absolute atomic E-state index is 12.8. The van der Waals surface area contributed by atoms with E-state index in [1.54, 1.807) is 25.4 Å². The molecule has 0 radical (unpaired) electrons. The van der Waals surface area contributed by atoms with Crippen LogP contribution in [0, 0.1) is 5.82 Å². The summed E-state index contributed by atoms with van der Waals surface area (Å²) >= 11 is 0. The quantitative estimate of drug-likeness (QED) is 0.571. The second-order valence-corrected chi connectivity index (χ2v) is 6.00. The van der Waals surface area contributed by atoms with E-state index in [1.807, 2.05) is 24.3 Å². The Labute approximate surface area is 162 Å². The van der Waals surface area contributed by atoms with E-state index >= 15 is 0 Å². The molecule has 3 rings (SSSR count). The number of rotatable bonds is 9. The number of nitrogens with zero attached hydrogens (tertiary/aromatic N) is 1. The Hall–Kier alpha value is -3.35. The number of carbonyl (C=O) groups excluding carboxylic acids is 1. The highest BCUT2D eigenvalue weighted by Crippen LogP contribution is 2.23. The van der Waals surface area contributed by atoms with Gasteiger partial charge in [-0.3, -0.25) is 4.79 Å². The Morgan fingerprint density at radius 2 is 1.82 bits per heavy atom. The van der Waals surface area contributed by atoms with Gasteiger partial charge in [0.15, 0.2) is 11.7 Å². The molecule has 6 nitrogen and oxygen atoms in total. The van der Waals surface area contributed by atoms with E-state index in [1.165, 1.54) is 12.1 Å². The van der Waals surface area contributed by atoms with E-state index < -0.39 is 0 Å². The normalized spacial score (nSPS) is 10.5. The van der Waals surface area contributed by atoms with Crippen molar-refractivity contribution < 1.29 is 23.1 Å². The highest BCUT2D eigenvalue weighted by molar-refractivity contribution is 5.76. The number of nitrogens with one attached hydrogen (secondary N) is 1. The van der Waals surface area contributed by atoms with Gasteiger partial charge >= 0.3 is 0 Å². The lowest BCUT2D eigenvalue weighted by Crippen LogP contribution is -2.28. The average molecular weight is 384 g/mol. The summed E-state index contributed by atoms with van der Waals surface area (Å²) in [5, 5.41) is 2.76. The number of oxazole rings is 1. The summed E-state index contributed by atoms with van der Waals surface area (Å²) in [4.78, 5) is 16.1. The molecule has 3 aromatic rings. The number of hydrogen-bond donors (Lipinski definition) is 1. The van der Waals surface area contributed by atoms with Crippen molar-refractivity contribution in [1.29, 1.82) is 0 Å². The lowest BCUT2D eigenvalue weighted by atomic mass is 10.2. The predicted octanol–water partition coefficient (Wildman–Crippen LogP) is 3.62. The number of carbonyl (C=O) groups is 1. The van der Waals surface area contributed by atoms with Gasteiger partial charge in [-0.25, -0.2) is 9.37 Å². The first kappa shape index (κ1) is 19.4. The summed E-state index contributed by atoms with van der Waals surface area (Å²) < 4.78 is 29.1. The molecule has 0 atom stereocenters. The first-order valence-electron chi connectivity index (χ1n) is 8.88. The van der Waals surface area contributed by atoms with Gasteiger partial charge in [0.2, 0.25) is 5.91 Å². The van der Waals surface area contributed by atoms with Crippen molar-refractivity contribution in [2.75, 3.05) is 20.3 Å². The fourth-order valence-electron chi connectivity index (χ4n) is 2.51. The summed E-state index contributed by atoms with van der Waals surface area (Å²) in [5.41, 5.74) is 0.891. The molecule has 0 unspecified atom stereocenters. The van der Waals surface area contributed by atoms with Crippen molar-refractivity contribution in [3.8, 4) is 22.8 Å². The third-order valence-electron chi connectivity index (χ3n) is 4.00. The molecule has 0 saturated carbocycles. The maximum Gasteiger partial charge on any atom is 0.220 e. The molecule has 2 aromatic carbocycles. The Morgan fingerprint density at radius 1 is 1.11 bits per heavy atom. The fraction of sp³-hybridized carbons (Fsp3) is 0.238. The second-order valence-electron chi connectivity index (χ2n) is 6.00. The zero-order valence-corrected chi connectivity index (χ0v) is 15.5. The molecular formula is C21H21FN2O4. The van der Waals surface area contributed by atoms with Gasteiger partial charge in [0.25, 0.3) is 0 Å². The number of methoxy groups -OCH3 is 1. The molecule has 0 bridgehead atoms.